The summed E-state index contributed by atoms with van der Waals surface area (Å²) < 4.78 is 5.66. The number of rotatable bonds is 6. The molecule has 3 heteroatoms. The Bertz CT molecular complexity index is 331. The SMILES string of the molecule is CNC(CCCC1CCCO1)c1ccc(C)s1. The Balaban J connectivity index is 1.75. The highest BCUT2D eigenvalue weighted by Crippen LogP contribution is 2.27. The van der Waals surface area contributed by atoms with Crippen LogP contribution in [0.25, 0.3) is 0 Å². The summed E-state index contributed by atoms with van der Waals surface area (Å²) in [5.41, 5.74) is 0. The van der Waals surface area contributed by atoms with Gasteiger partial charge in [-0.25, -0.2) is 0 Å². The molecule has 0 aromatic carbocycles. The highest BCUT2D eigenvalue weighted by atomic mass is 32.1. The van der Waals surface area contributed by atoms with Gasteiger partial charge in [-0.15, -0.1) is 11.3 Å². The van der Waals surface area contributed by atoms with Gasteiger partial charge in [-0.05, 0) is 58.2 Å². The highest BCUT2D eigenvalue weighted by Gasteiger charge is 2.16. The highest BCUT2D eigenvalue weighted by molar-refractivity contribution is 7.12. The fourth-order valence-electron chi connectivity index (χ4n) is 2.49. The first-order chi connectivity index (χ1) is 8.29. The lowest BCUT2D eigenvalue weighted by atomic mass is 10.0. The molecular formula is C14H23NOS. The van der Waals surface area contributed by atoms with Gasteiger partial charge in [0.2, 0.25) is 0 Å². The molecule has 96 valence electrons. The second-order valence-corrected chi connectivity index (χ2v) is 6.18. The molecule has 2 heterocycles. The third-order valence-corrected chi connectivity index (χ3v) is 4.61. The van der Waals surface area contributed by atoms with Crippen molar-refractivity contribution in [3.05, 3.63) is 21.9 Å². The summed E-state index contributed by atoms with van der Waals surface area (Å²) >= 11 is 1.91. The molecule has 1 aliphatic rings. The predicted octanol–water partition coefficient (Wildman–Crippen LogP) is 3.67. The Morgan fingerprint density at radius 1 is 1.53 bits per heavy atom. The molecule has 0 bridgehead atoms. The van der Waals surface area contributed by atoms with Gasteiger partial charge in [0.05, 0.1) is 6.10 Å². The molecule has 1 aromatic heterocycles. The van der Waals surface area contributed by atoms with Crippen molar-refractivity contribution in [2.75, 3.05) is 13.7 Å². The third-order valence-electron chi connectivity index (χ3n) is 3.50. The molecule has 0 spiro atoms. The monoisotopic (exact) mass is 253 g/mol. The average molecular weight is 253 g/mol. The lowest BCUT2D eigenvalue weighted by Gasteiger charge is -2.15. The number of aryl methyl sites for hydroxylation is 1. The van der Waals surface area contributed by atoms with E-state index in [2.05, 4.69) is 31.4 Å². The summed E-state index contributed by atoms with van der Waals surface area (Å²) in [4.78, 5) is 2.87. The second kappa shape index (κ2) is 6.53. The van der Waals surface area contributed by atoms with E-state index in [1.807, 2.05) is 11.3 Å². The normalized spacial score (nSPS) is 21.9. The minimum Gasteiger partial charge on any atom is -0.378 e. The van der Waals surface area contributed by atoms with Crippen LogP contribution in [0.1, 0.15) is 47.9 Å². The van der Waals surface area contributed by atoms with E-state index in [1.54, 1.807) is 0 Å². The van der Waals surface area contributed by atoms with Gasteiger partial charge in [0, 0.05) is 22.4 Å². The molecule has 1 N–H and O–H groups in total. The van der Waals surface area contributed by atoms with Gasteiger partial charge < -0.3 is 10.1 Å². The van der Waals surface area contributed by atoms with E-state index in [9.17, 15) is 0 Å². The molecular weight excluding hydrogens is 230 g/mol. The van der Waals surface area contributed by atoms with E-state index in [0.29, 0.717) is 12.1 Å². The third kappa shape index (κ3) is 3.80. The van der Waals surface area contributed by atoms with E-state index in [-0.39, 0.29) is 0 Å². The Hall–Kier alpha value is -0.380. The van der Waals surface area contributed by atoms with Gasteiger partial charge in [0.1, 0.15) is 0 Å². The number of nitrogens with one attached hydrogen (secondary N) is 1. The van der Waals surface area contributed by atoms with Crippen molar-refractivity contribution in [2.45, 2.75) is 51.2 Å². The molecule has 2 unspecified atom stereocenters. The molecule has 2 atom stereocenters. The van der Waals surface area contributed by atoms with Crippen molar-refractivity contribution in [3.63, 3.8) is 0 Å². The Morgan fingerprint density at radius 3 is 3.00 bits per heavy atom. The van der Waals surface area contributed by atoms with Crippen LogP contribution in [-0.2, 0) is 4.74 Å². The van der Waals surface area contributed by atoms with Crippen molar-refractivity contribution < 1.29 is 4.74 Å². The lowest BCUT2D eigenvalue weighted by molar-refractivity contribution is 0.101. The van der Waals surface area contributed by atoms with Crippen LogP contribution >= 0.6 is 11.3 Å². The molecule has 0 aliphatic carbocycles. The van der Waals surface area contributed by atoms with Gasteiger partial charge >= 0.3 is 0 Å². The van der Waals surface area contributed by atoms with Crippen LogP contribution in [0.4, 0.5) is 0 Å². The van der Waals surface area contributed by atoms with Crippen molar-refractivity contribution in [3.8, 4) is 0 Å². The van der Waals surface area contributed by atoms with Crippen LogP contribution in [0.2, 0.25) is 0 Å². The second-order valence-electron chi connectivity index (χ2n) is 4.86. The molecule has 2 rings (SSSR count). The molecule has 1 saturated heterocycles. The maximum absolute atomic E-state index is 5.66. The summed E-state index contributed by atoms with van der Waals surface area (Å²) in [6.45, 7) is 3.15. The zero-order chi connectivity index (χ0) is 12.1. The fraction of sp³-hybridized carbons (Fsp3) is 0.714. The fourth-order valence-corrected chi connectivity index (χ4v) is 3.51. The van der Waals surface area contributed by atoms with Crippen LogP contribution < -0.4 is 5.32 Å². The van der Waals surface area contributed by atoms with E-state index >= 15 is 0 Å². The van der Waals surface area contributed by atoms with E-state index in [4.69, 9.17) is 4.74 Å². The number of hydrogen-bond acceptors (Lipinski definition) is 3. The van der Waals surface area contributed by atoms with Crippen molar-refractivity contribution in [2.24, 2.45) is 0 Å². The molecule has 1 aromatic rings. The smallest absolute Gasteiger partial charge is 0.0576 e. The lowest BCUT2D eigenvalue weighted by Crippen LogP contribution is -2.16. The zero-order valence-electron chi connectivity index (χ0n) is 10.9. The van der Waals surface area contributed by atoms with Crippen molar-refractivity contribution in [1.29, 1.82) is 0 Å². The molecule has 1 fully saturated rings. The summed E-state index contributed by atoms with van der Waals surface area (Å²) in [6.07, 6.45) is 6.76. The first-order valence-corrected chi connectivity index (χ1v) is 7.46. The quantitative estimate of drug-likeness (QED) is 0.835. The number of hydrogen-bond donors (Lipinski definition) is 1. The van der Waals surface area contributed by atoms with E-state index in [0.717, 1.165) is 6.61 Å². The molecule has 0 radical (unpaired) electrons. The Labute approximate surface area is 108 Å². The molecule has 0 amide bonds. The van der Waals surface area contributed by atoms with Crippen LogP contribution in [0.3, 0.4) is 0 Å². The largest absolute Gasteiger partial charge is 0.378 e. The van der Waals surface area contributed by atoms with Gasteiger partial charge in [0.15, 0.2) is 0 Å². The maximum atomic E-state index is 5.66. The predicted molar refractivity (Wildman–Crippen MR) is 73.7 cm³/mol. The topological polar surface area (TPSA) is 21.3 Å². The van der Waals surface area contributed by atoms with Crippen LogP contribution in [0.15, 0.2) is 12.1 Å². The molecule has 1 aliphatic heterocycles. The van der Waals surface area contributed by atoms with Crippen LogP contribution in [0.5, 0.6) is 0 Å². The Morgan fingerprint density at radius 2 is 2.41 bits per heavy atom. The van der Waals surface area contributed by atoms with E-state index < -0.39 is 0 Å². The number of thiophene rings is 1. The Kier molecular flexibility index (Phi) is 5.01. The number of ether oxygens (including phenoxy) is 1. The average Bonchev–Trinajstić information content (AvgIpc) is 2.96. The molecule has 0 saturated carbocycles. The minimum absolute atomic E-state index is 0.523. The summed E-state index contributed by atoms with van der Waals surface area (Å²) in [5, 5.41) is 3.43. The van der Waals surface area contributed by atoms with Gasteiger partial charge in [-0.2, -0.15) is 0 Å². The summed E-state index contributed by atoms with van der Waals surface area (Å²) in [7, 11) is 2.06. The van der Waals surface area contributed by atoms with Gasteiger partial charge in [0.25, 0.3) is 0 Å². The van der Waals surface area contributed by atoms with Gasteiger partial charge in [-0.1, -0.05) is 0 Å². The summed E-state index contributed by atoms with van der Waals surface area (Å²) in [5.74, 6) is 0. The van der Waals surface area contributed by atoms with Crippen molar-refractivity contribution in [1.82, 2.24) is 5.32 Å². The zero-order valence-corrected chi connectivity index (χ0v) is 11.7. The molecule has 2 nitrogen and oxygen atoms in total. The van der Waals surface area contributed by atoms with Crippen molar-refractivity contribution >= 4 is 11.3 Å². The molecule has 17 heavy (non-hydrogen) atoms. The standard InChI is InChI=1S/C14H23NOS/c1-11-8-9-14(17-11)13(15-2)7-3-5-12-6-4-10-16-12/h8-9,12-13,15H,3-7,10H2,1-2H3. The maximum Gasteiger partial charge on any atom is 0.0576 e. The first kappa shape index (κ1) is 13.1. The minimum atomic E-state index is 0.523. The summed E-state index contributed by atoms with van der Waals surface area (Å²) in [6, 6.07) is 4.99. The van der Waals surface area contributed by atoms with Gasteiger partial charge in [-0.3, -0.25) is 0 Å². The van der Waals surface area contributed by atoms with Crippen LogP contribution in [-0.4, -0.2) is 19.8 Å². The van der Waals surface area contributed by atoms with E-state index in [1.165, 1.54) is 41.9 Å². The first-order valence-electron chi connectivity index (χ1n) is 6.65. The van der Waals surface area contributed by atoms with Crippen LogP contribution in [0, 0.1) is 6.92 Å².